The summed E-state index contributed by atoms with van der Waals surface area (Å²) in [7, 11) is 0. The third-order valence-corrected chi connectivity index (χ3v) is 6.42. The molecular weight excluding hydrogens is 543 g/mol. The summed E-state index contributed by atoms with van der Waals surface area (Å²) in [5.74, 6) is -1.25. The van der Waals surface area contributed by atoms with E-state index in [4.69, 9.17) is 0 Å². The summed E-state index contributed by atoms with van der Waals surface area (Å²) >= 11 is -2.80. The van der Waals surface area contributed by atoms with Crippen molar-refractivity contribution in [1.29, 1.82) is 5.26 Å². The van der Waals surface area contributed by atoms with Crippen molar-refractivity contribution < 1.29 is 31.5 Å². The maximum atomic E-state index is 13.5. The molecular formula is C29H21F3N3O4S-. The van der Waals surface area contributed by atoms with E-state index in [-0.39, 0.29) is 24.3 Å². The Kier molecular flexibility index (Phi) is 8.83. The van der Waals surface area contributed by atoms with Gasteiger partial charge >= 0.3 is 6.36 Å². The van der Waals surface area contributed by atoms with E-state index in [0.29, 0.717) is 21.0 Å². The van der Waals surface area contributed by atoms with Gasteiger partial charge in [0.05, 0.1) is 22.5 Å². The molecule has 0 aliphatic heterocycles. The lowest BCUT2D eigenvalue weighted by molar-refractivity contribution is -0.274. The molecule has 0 N–H and O–H groups in total. The smallest absolute Gasteiger partial charge is 0.573 e. The number of benzene rings is 4. The molecule has 4 aromatic carbocycles. The van der Waals surface area contributed by atoms with Gasteiger partial charge in [-0.05, 0) is 34.9 Å². The number of nitriles is 1. The zero-order valence-electron chi connectivity index (χ0n) is 20.7. The Morgan fingerprint density at radius 1 is 0.850 bits per heavy atom. The number of amides is 1. The summed E-state index contributed by atoms with van der Waals surface area (Å²) < 4.78 is 66.7. The number of alkyl halides is 3. The van der Waals surface area contributed by atoms with Crippen LogP contribution in [0.5, 0.6) is 5.75 Å². The van der Waals surface area contributed by atoms with Crippen LogP contribution in [0.3, 0.4) is 0 Å². The number of carbonyl (C=O) groups excluding carboxylic acids is 1. The Morgan fingerprint density at radius 3 is 2.05 bits per heavy atom. The molecule has 1 unspecified atom stereocenters. The summed E-state index contributed by atoms with van der Waals surface area (Å²) in [5, 5.41) is 9.29. The number of ether oxygens (including phenoxy) is 1. The maximum absolute atomic E-state index is 13.5. The molecule has 204 valence electrons. The molecule has 1 atom stereocenters. The summed E-state index contributed by atoms with van der Waals surface area (Å²) in [6, 6.07) is 27.6. The maximum Gasteiger partial charge on any atom is 0.573 e. The molecule has 0 saturated carbocycles. The van der Waals surface area contributed by atoms with Crippen molar-refractivity contribution in [1.82, 2.24) is 4.90 Å². The van der Waals surface area contributed by atoms with Crippen LogP contribution in [0, 0.1) is 11.5 Å². The van der Waals surface area contributed by atoms with Crippen LogP contribution in [-0.2, 0) is 24.4 Å². The molecule has 0 aromatic heterocycles. The van der Waals surface area contributed by atoms with Crippen LogP contribution in [0.25, 0.3) is 11.1 Å². The first-order valence-corrected chi connectivity index (χ1v) is 12.8. The van der Waals surface area contributed by atoms with Crippen molar-refractivity contribution in [2.45, 2.75) is 19.5 Å². The van der Waals surface area contributed by atoms with Crippen molar-refractivity contribution >= 4 is 22.9 Å². The summed E-state index contributed by atoms with van der Waals surface area (Å²) in [6.45, 7) is 0.182. The van der Waals surface area contributed by atoms with E-state index in [2.05, 4.69) is 4.74 Å². The third kappa shape index (κ3) is 7.05. The highest BCUT2D eigenvalue weighted by molar-refractivity contribution is 7.80. The number of halogens is 3. The van der Waals surface area contributed by atoms with Gasteiger partial charge in [-0.15, -0.1) is 13.2 Å². The molecule has 0 bridgehead atoms. The topological polar surface area (TPSA) is 96.7 Å². The second kappa shape index (κ2) is 12.5. The molecule has 0 aliphatic rings. The first kappa shape index (κ1) is 28.4. The normalized spacial score (nSPS) is 11.8. The highest BCUT2D eigenvalue weighted by Gasteiger charge is 2.33. The molecule has 0 heterocycles. The van der Waals surface area contributed by atoms with Crippen molar-refractivity contribution in [2.24, 2.45) is 0 Å². The van der Waals surface area contributed by atoms with Crippen molar-refractivity contribution in [3.8, 4) is 23.1 Å². The summed E-state index contributed by atoms with van der Waals surface area (Å²) in [5.41, 5.74) is 2.50. The van der Waals surface area contributed by atoms with E-state index in [1.807, 2.05) is 6.07 Å². The third-order valence-electron chi connectivity index (χ3n) is 5.85. The molecule has 1 amide bonds. The Labute approximate surface area is 231 Å². The van der Waals surface area contributed by atoms with E-state index < -0.39 is 29.3 Å². The fourth-order valence-electron chi connectivity index (χ4n) is 4.10. The van der Waals surface area contributed by atoms with Crippen molar-refractivity contribution in [2.75, 3.05) is 4.31 Å². The number of rotatable bonds is 9. The molecule has 4 aromatic rings. The molecule has 7 nitrogen and oxygen atoms in total. The average molecular weight is 565 g/mol. The van der Waals surface area contributed by atoms with Crippen LogP contribution in [-0.4, -0.2) is 25.9 Å². The minimum absolute atomic E-state index is 0.0604. The van der Waals surface area contributed by atoms with E-state index in [1.165, 1.54) is 29.2 Å². The minimum atomic E-state index is -4.97. The first-order valence-electron chi connectivity index (χ1n) is 11.8. The molecule has 0 radical (unpaired) electrons. The van der Waals surface area contributed by atoms with Crippen LogP contribution >= 0.6 is 0 Å². The SMILES string of the molecule is N#CN(c1ccccc1-c1ccc(CN(Cc2ccccc2)C(=O)c2ccccc2OC(F)(F)F)cc1)S(=O)[O-]. The fraction of sp³-hybridized carbons (Fsp3) is 0.103. The molecule has 11 heteroatoms. The highest BCUT2D eigenvalue weighted by Crippen LogP contribution is 2.32. The second-order valence-corrected chi connectivity index (χ2v) is 9.32. The van der Waals surface area contributed by atoms with Gasteiger partial charge in [-0.1, -0.05) is 84.9 Å². The van der Waals surface area contributed by atoms with Crippen molar-refractivity contribution in [3.05, 3.63) is 120 Å². The van der Waals surface area contributed by atoms with Crippen LogP contribution in [0.4, 0.5) is 18.9 Å². The number of carbonyl (C=O) groups is 1. The van der Waals surface area contributed by atoms with Gasteiger partial charge in [0.25, 0.3) is 5.91 Å². The average Bonchev–Trinajstić information content (AvgIpc) is 2.93. The zero-order chi connectivity index (χ0) is 28.7. The lowest BCUT2D eigenvalue weighted by Gasteiger charge is -2.25. The van der Waals surface area contributed by atoms with Crippen LogP contribution in [0.15, 0.2) is 103 Å². The number of anilines is 1. The number of para-hydroxylation sites is 2. The largest absolute Gasteiger partial charge is 0.754 e. The van der Waals surface area contributed by atoms with Gasteiger partial charge in [-0.3, -0.25) is 9.00 Å². The minimum Gasteiger partial charge on any atom is -0.754 e. The van der Waals surface area contributed by atoms with Gasteiger partial charge in [0, 0.05) is 18.7 Å². The molecule has 40 heavy (non-hydrogen) atoms. The quantitative estimate of drug-likeness (QED) is 0.138. The van der Waals surface area contributed by atoms with E-state index in [1.54, 1.807) is 72.9 Å². The van der Waals surface area contributed by atoms with Crippen LogP contribution < -0.4 is 9.04 Å². The first-order chi connectivity index (χ1) is 19.2. The van der Waals surface area contributed by atoms with Crippen LogP contribution in [0.2, 0.25) is 0 Å². The van der Waals surface area contributed by atoms with E-state index in [0.717, 1.165) is 11.6 Å². The number of nitrogens with zero attached hydrogens (tertiary/aromatic N) is 3. The Hall–Kier alpha value is -4.66. The van der Waals surface area contributed by atoms with Crippen LogP contribution in [0.1, 0.15) is 21.5 Å². The van der Waals surface area contributed by atoms with E-state index in [9.17, 15) is 32.0 Å². The zero-order valence-corrected chi connectivity index (χ0v) is 21.6. The number of hydrogen-bond donors (Lipinski definition) is 0. The Bertz CT molecular complexity index is 1540. The standard InChI is InChI=1S/C29H22F3N3O4S/c30-29(31,32)39-27-13-7-5-11-25(27)28(36)34(18-21-8-2-1-3-9-21)19-22-14-16-23(17-15-22)24-10-4-6-12-26(24)35(20-33)40(37)38/h1-17H,18-19H2,(H,37,38)/p-1. The second-order valence-electron chi connectivity index (χ2n) is 8.52. The van der Waals surface area contributed by atoms with Gasteiger partial charge in [-0.2, -0.15) is 5.26 Å². The molecule has 4 rings (SSSR count). The Balaban J connectivity index is 1.65. The summed E-state index contributed by atoms with van der Waals surface area (Å²) in [6.07, 6.45) is -3.33. The summed E-state index contributed by atoms with van der Waals surface area (Å²) in [4.78, 5) is 15.0. The predicted molar refractivity (Wildman–Crippen MR) is 142 cm³/mol. The van der Waals surface area contributed by atoms with E-state index >= 15 is 0 Å². The Morgan fingerprint density at radius 2 is 1.43 bits per heavy atom. The molecule has 0 fully saturated rings. The predicted octanol–water partition coefficient (Wildman–Crippen LogP) is 6.18. The van der Waals surface area contributed by atoms with Crippen molar-refractivity contribution in [3.63, 3.8) is 0 Å². The lowest BCUT2D eigenvalue weighted by atomic mass is 10.0. The number of hydrogen-bond acceptors (Lipinski definition) is 5. The lowest BCUT2D eigenvalue weighted by Crippen LogP contribution is -2.31. The molecule has 0 saturated heterocycles. The van der Waals surface area contributed by atoms with Gasteiger partial charge < -0.3 is 14.2 Å². The fourth-order valence-corrected chi connectivity index (χ4v) is 4.49. The molecule has 0 aliphatic carbocycles. The van der Waals surface area contributed by atoms with Gasteiger partial charge in [0.15, 0.2) is 6.19 Å². The monoisotopic (exact) mass is 564 g/mol. The molecule has 0 spiro atoms. The highest BCUT2D eigenvalue weighted by atomic mass is 32.2. The van der Waals surface area contributed by atoms with Gasteiger partial charge in [0.2, 0.25) is 0 Å². The van der Waals surface area contributed by atoms with Gasteiger partial charge in [0.1, 0.15) is 5.75 Å². The van der Waals surface area contributed by atoms with Gasteiger partial charge in [-0.25, -0.2) is 4.31 Å².